The van der Waals surface area contributed by atoms with Gasteiger partial charge in [-0.1, -0.05) is 12.1 Å². The van der Waals surface area contributed by atoms with E-state index in [1.54, 1.807) is 6.92 Å². The van der Waals surface area contributed by atoms with Gasteiger partial charge in [-0.25, -0.2) is 17.9 Å². The largest absolute Gasteiger partial charge is 0.478 e. The van der Waals surface area contributed by atoms with E-state index in [0.717, 1.165) is 6.08 Å². The van der Waals surface area contributed by atoms with Crippen LogP contribution in [0.4, 0.5) is 0 Å². The normalized spacial score (nSPS) is 13.6. The maximum atomic E-state index is 11.8. The Labute approximate surface area is 111 Å². The Balaban J connectivity index is 2.89. The van der Waals surface area contributed by atoms with Crippen molar-refractivity contribution >= 4 is 22.1 Å². The van der Waals surface area contributed by atoms with Crippen molar-refractivity contribution in [3.8, 4) is 0 Å². The van der Waals surface area contributed by atoms with Crippen LogP contribution in [0.5, 0.6) is 0 Å². The Morgan fingerprint density at radius 2 is 1.95 bits per heavy atom. The molecule has 0 aromatic heterocycles. The molecule has 0 aliphatic rings. The van der Waals surface area contributed by atoms with Gasteiger partial charge < -0.3 is 10.2 Å². The zero-order valence-corrected chi connectivity index (χ0v) is 11.1. The molecule has 0 fully saturated rings. The molecule has 0 aliphatic heterocycles. The molecule has 19 heavy (non-hydrogen) atoms. The number of hydrogen-bond acceptors (Lipinski definition) is 4. The fourth-order valence-corrected chi connectivity index (χ4v) is 2.53. The van der Waals surface area contributed by atoms with Crippen LogP contribution in [0, 0.1) is 0 Å². The summed E-state index contributed by atoms with van der Waals surface area (Å²) in [7, 11) is -3.67. The molecule has 6 nitrogen and oxygen atoms in total. The first kappa shape index (κ1) is 15.4. The number of carbonyl (C=O) groups is 1. The van der Waals surface area contributed by atoms with E-state index in [2.05, 4.69) is 4.72 Å². The molecule has 0 radical (unpaired) electrons. The molecule has 1 atom stereocenters. The summed E-state index contributed by atoms with van der Waals surface area (Å²) in [6, 6.07) is 5.16. The zero-order valence-electron chi connectivity index (χ0n) is 10.3. The van der Waals surface area contributed by atoms with Crippen molar-refractivity contribution in [2.24, 2.45) is 0 Å². The summed E-state index contributed by atoms with van der Waals surface area (Å²) in [4.78, 5) is 10.4. The Bertz CT molecular complexity index is 562. The third-order valence-corrected chi connectivity index (χ3v) is 3.84. The summed E-state index contributed by atoms with van der Waals surface area (Å²) in [6.07, 6.45) is 2.33. The molecule has 3 N–H and O–H groups in total. The number of aliphatic carboxylic acids is 1. The van der Waals surface area contributed by atoms with Gasteiger partial charge in [0.15, 0.2) is 0 Å². The summed E-state index contributed by atoms with van der Waals surface area (Å²) >= 11 is 0. The Morgan fingerprint density at radius 1 is 1.37 bits per heavy atom. The molecule has 1 aromatic rings. The van der Waals surface area contributed by atoms with Gasteiger partial charge in [0.2, 0.25) is 10.0 Å². The number of hydrogen-bond donors (Lipinski definition) is 3. The number of carboxylic acids is 1. The van der Waals surface area contributed by atoms with Crippen molar-refractivity contribution in [2.45, 2.75) is 17.9 Å². The van der Waals surface area contributed by atoms with Crippen molar-refractivity contribution in [1.29, 1.82) is 0 Å². The second-order valence-electron chi connectivity index (χ2n) is 3.95. The van der Waals surface area contributed by atoms with Crippen LogP contribution in [0.3, 0.4) is 0 Å². The number of carboxylic acid groups (broad SMARTS) is 1. The van der Waals surface area contributed by atoms with E-state index in [1.165, 1.54) is 30.3 Å². The SMILES string of the molecule is CC(CO)NS(=O)(=O)c1ccc(/C=C/C(=O)O)cc1. The van der Waals surface area contributed by atoms with E-state index < -0.39 is 22.0 Å². The van der Waals surface area contributed by atoms with Crippen LogP contribution in [-0.4, -0.2) is 37.2 Å². The predicted octanol–water partition coefficient (Wildman–Crippen LogP) is 0.443. The number of sulfonamides is 1. The topological polar surface area (TPSA) is 104 Å². The molecule has 0 aliphatic carbocycles. The third-order valence-electron chi connectivity index (χ3n) is 2.24. The highest BCUT2D eigenvalue weighted by molar-refractivity contribution is 7.89. The molecule has 0 heterocycles. The van der Waals surface area contributed by atoms with Gasteiger partial charge in [0.25, 0.3) is 0 Å². The predicted molar refractivity (Wildman–Crippen MR) is 70.0 cm³/mol. The van der Waals surface area contributed by atoms with Crippen molar-refractivity contribution < 1.29 is 23.4 Å². The molecule has 0 saturated carbocycles. The zero-order chi connectivity index (χ0) is 14.5. The van der Waals surface area contributed by atoms with Crippen LogP contribution in [0.2, 0.25) is 0 Å². The second-order valence-corrected chi connectivity index (χ2v) is 5.66. The first-order chi connectivity index (χ1) is 8.85. The number of rotatable bonds is 6. The number of benzene rings is 1. The van der Waals surface area contributed by atoms with Gasteiger partial charge in [0.1, 0.15) is 0 Å². The lowest BCUT2D eigenvalue weighted by atomic mass is 10.2. The first-order valence-electron chi connectivity index (χ1n) is 5.49. The summed E-state index contributed by atoms with van der Waals surface area (Å²) in [5.41, 5.74) is 0.580. The van der Waals surface area contributed by atoms with Gasteiger partial charge in [-0.05, 0) is 30.7 Å². The highest BCUT2D eigenvalue weighted by Crippen LogP contribution is 2.12. The van der Waals surface area contributed by atoms with E-state index >= 15 is 0 Å². The van der Waals surface area contributed by atoms with E-state index in [4.69, 9.17) is 10.2 Å². The van der Waals surface area contributed by atoms with E-state index in [-0.39, 0.29) is 11.5 Å². The van der Waals surface area contributed by atoms with Crippen molar-refractivity contribution in [2.75, 3.05) is 6.61 Å². The monoisotopic (exact) mass is 285 g/mol. The molecule has 0 bridgehead atoms. The summed E-state index contributed by atoms with van der Waals surface area (Å²) in [6.45, 7) is 1.25. The van der Waals surface area contributed by atoms with Gasteiger partial charge in [0, 0.05) is 12.1 Å². The third kappa shape index (κ3) is 4.82. The minimum atomic E-state index is -3.67. The van der Waals surface area contributed by atoms with Crippen LogP contribution >= 0.6 is 0 Å². The molecular formula is C12H15NO5S. The second kappa shape index (κ2) is 6.46. The molecule has 0 amide bonds. The van der Waals surface area contributed by atoms with Crippen molar-refractivity contribution in [1.82, 2.24) is 4.72 Å². The Morgan fingerprint density at radius 3 is 2.42 bits per heavy atom. The maximum Gasteiger partial charge on any atom is 0.328 e. The van der Waals surface area contributed by atoms with E-state index in [1.807, 2.05) is 0 Å². The van der Waals surface area contributed by atoms with E-state index in [0.29, 0.717) is 5.56 Å². The summed E-state index contributed by atoms with van der Waals surface area (Å²) in [5.74, 6) is -1.07. The fourth-order valence-electron chi connectivity index (χ4n) is 1.30. The van der Waals surface area contributed by atoms with E-state index in [9.17, 15) is 13.2 Å². The van der Waals surface area contributed by atoms with Gasteiger partial charge in [-0.2, -0.15) is 0 Å². The molecule has 7 heteroatoms. The summed E-state index contributed by atoms with van der Waals surface area (Å²) < 4.78 is 26.0. The highest BCUT2D eigenvalue weighted by atomic mass is 32.2. The van der Waals surface area contributed by atoms with Crippen LogP contribution in [0.15, 0.2) is 35.2 Å². The average Bonchev–Trinajstić information content (AvgIpc) is 2.36. The maximum absolute atomic E-state index is 11.8. The number of nitrogens with one attached hydrogen (secondary N) is 1. The van der Waals surface area contributed by atoms with Gasteiger partial charge in [-0.3, -0.25) is 0 Å². The van der Waals surface area contributed by atoms with Gasteiger partial charge in [-0.15, -0.1) is 0 Å². The minimum absolute atomic E-state index is 0.0558. The van der Waals surface area contributed by atoms with Crippen LogP contribution in [-0.2, 0) is 14.8 Å². The molecular weight excluding hydrogens is 270 g/mol. The lowest BCUT2D eigenvalue weighted by Crippen LogP contribution is -2.34. The molecule has 1 unspecified atom stereocenters. The molecule has 104 valence electrons. The minimum Gasteiger partial charge on any atom is -0.478 e. The first-order valence-corrected chi connectivity index (χ1v) is 6.98. The lowest BCUT2D eigenvalue weighted by molar-refractivity contribution is -0.131. The number of aliphatic hydroxyl groups excluding tert-OH is 1. The van der Waals surface area contributed by atoms with Crippen LogP contribution < -0.4 is 4.72 Å². The van der Waals surface area contributed by atoms with Gasteiger partial charge >= 0.3 is 5.97 Å². The standard InChI is InChI=1S/C12H15NO5S/c1-9(8-14)13-19(17,18)11-5-2-10(3-6-11)4-7-12(15)16/h2-7,9,13-14H,8H2,1H3,(H,15,16)/b7-4+. The van der Waals surface area contributed by atoms with Crippen molar-refractivity contribution in [3.63, 3.8) is 0 Å². The lowest BCUT2D eigenvalue weighted by Gasteiger charge is -2.11. The van der Waals surface area contributed by atoms with Crippen molar-refractivity contribution in [3.05, 3.63) is 35.9 Å². The van der Waals surface area contributed by atoms with Crippen LogP contribution in [0.1, 0.15) is 12.5 Å². The average molecular weight is 285 g/mol. The Kier molecular flexibility index (Phi) is 5.22. The molecule has 1 rings (SSSR count). The van der Waals surface area contributed by atoms with Crippen LogP contribution in [0.25, 0.3) is 6.08 Å². The van der Waals surface area contributed by atoms with Gasteiger partial charge in [0.05, 0.1) is 11.5 Å². The fraction of sp³-hybridized carbons (Fsp3) is 0.250. The molecule has 1 aromatic carbocycles. The number of aliphatic hydroxyl groups is 1. The molecule has 0 saturated heterocycles. The highest BCUT2D eigenvalue weighted by Gasteiger charge is 2.16. The smallest absolute Gasteiger partial charge is 0.328 e. The summed E-state index contributed by atoms with van der Waals surface area (Å²) in [5, 5.41) is 17.3. The quantitative estimate of drug-likeness (QED) is 0.658. The Hall–Kier alpha value is -1.70. The molecule has 0 spiro atoms.